The maximum absolute atomic E-state index is 11.5. The van der Waals surface area contributed by atoms with Gasteiger partial charge in [0.2, 0.25) is 5.91 Å². The number of hydrogen-bond acceptors (Lipinski definition) is 7. The van der Waals surface area contributed by atoms with E-state index in [4.69, 9.17) is 9.47 Å². The Morgan fingerprint density at radius 1 is 1.00 bits per heavy atom. The van der Waals surface area contributed by atoms with Gasteiger partial charge in [0.05, 0.1) is 0 Å². The van der Waals surface area contributed by atoms with E-state index in [1.165, 1.54) is 20.8 Å². The molecule has 0 radical (unpaired) electrons. The number of aromatic nitrogens is 3. The lowest BCUT2D eigenvalue weighted by Gasteiger charge is -2.10. The third-order valence-electron chi connectivity index (χ3n) is 2.36. The van der Waals surface area contributed by atoms with Crippen LogP contribution in [0.2, 0.25) is 0 Å². The van der Waals surface area contributed by atoms with Crippen molar-refractivity contribution in [2.24, 2.45) is 0 Å². The molecule has 0 aliphatic rings. The summed E-state index contributed by atoms with van der Waals surface area (Å²) in [6, 6.07) is 0. The second-order valence-electron chi connectivity index (χ2n) is 4.26. The van der Waals surface area contributed by atoms with Crippen LogP contribution in [0.25, 0.3) is 0 Å². The van der Waals surface area contributed by atoms with Gasteiger partial charge in [-0.1, -0.05) is 0 Å². The number of carbonyl (C=O) groups is 3. The van der Waals surface area contributed by atoms with Crippen LogP contribution in [-0.4, -0.2) is 32.6 Å². The monoisotopic (exact) mass is 283 g/mol. The van der Waals surface area contributed by atoms with Crippen molar-refractivity contribution < 1.29 is 23.9 Å². The van der Waals surface area contributed by atoms with Crippen molar-refractivity contribution >= 4 is 17.8 Å². The molecular formula is C12H17N3O5. The van der Waals surface area contributed by atoms with Gasteiger partial charge in [-0.25, -0.2) is 4.98 Å². The summed E-state index contributed by atoms with van der Waals surface area (Å²) in [6.45, 7) is 6.99. The molecule has 0 unspecified atom stereocenters. The SMILES string of the molecule is CC(=O)O[C@@H](C)c1nc([C@H](C)OC(C)=O)n(C(C)=O)n1. The molecule has 8 heteroatoms. The molecule has 0 saturated carbocycles. The second kappa shape index (κ2) is 6.27. The molecule has 0 fully saturated rings. The Labute approximate surface area is 116 Å². The molecule has 0 bridgehead atoms. The second-order valence-corrected chi connectivity index (χ2v) is 4.26. The summed E-state index contributed by atoms with van der Waals surface area (Å²) in [7, 11) is 0. The van der Waals surface area contributed by atoms with E-state index in [0.29, 0.717) is 0 Å². The first-order valence-electron chi connectivity index (χ1n) is 6.04. The van der Waals surface area contributed by atoms with Crippen LogP contribution in [0.15, 0.2) is 0 Å². The predicted molar refractivity (Wildman–Crippen MR) is 66.7 cm³/mol. The zero-order valence-electron chi connectivity index (χ0n) is 12.0. The summed E-state index contributed by atoms with van der Waals surface area (Å²) in [6.07, 6.45) is -1.43. The fourth-order valence-electron chi connectivity index (χ4n) is 1.61. The van der Waals surface area contributed by atoms with E-state index in [-0.39, 0.29) is 17.6 Å². The van der Waals surface area contributed by atoms with Crippen LogP contribution < -0.4 is 0 Å². The molecule has 8 nitrogen and oxygen atoms in total. The van der Waals surface area contributed by atoms with Crippen LogP contribution in [0.5, 0.6) is 0 Å². The highest BCUT2D eigenvalue weighted by atomic mass is 16.5. The summed E-state index contributed by atoms with van der Waals surface area (Å²) in [5.41, 5.74) is 0. The van der Waals surface area contributed by atoms with E-state index in [1.807, 2.05) is 0 Å². The minimum atomic E-state index is -0.734. The van der Waals surface area contributed by atoms with Crippen LogP contribution >= 0.6 is 0 Å². The summed E-state index contributed by atoms with van der Waals surface area (Å²) >= 11 is 0. The predicted octanol–water partition coefficient (Wildman–Crippen LogP) is 1.19. The number of carbonyl (C=O) groups excluding carboxylic acids is 3. The first-order chi connectivity index (χ1) is 9.22. The fraction of sp³-hybridized carbons (Fsp3) is 0.583. The van der Waals surface area contributed by atoms with E-state index < -0.39 is 24.1 Å². The van der Waals surface area contributed by atoms with Crippen molar-refractivity contribution in [3.8, 4) is 0 Å². The number of nitrogens with zero attached hydrogens (tertiary/aromatic N) is 3. The van der Waals surface area contributed by atoms with Crippen LogP contribution in [0, 0.1) is 0 Å². The lowest BCUT2D eigenvalue weighted by molar-refractivity contribution is -0.146. The quantitative estimate of drug-likeness (QED) is 0.765. The summed E-state index contributed by atoms with van der Waals surface area (Å²) in [5, 5.41) is 3.98. The van der Waals surface area contributed by atoms with E-state index in [9.17, 15) is 14.4 Å². The Kier molecular flexibility index (Phi) is 4.95. The summed E-state index contributed by atoms with van der Waals surface area (Å²) in [4.78, 5) is 37.5. The zero-order valence-corrected chi connectivity index (χ0v) is 12.0. The first-order valence-corrected chi connectivity index (χ1v) is 6.04. The maximum atomic E-state index is 11.5. The van der Waals surface area contributed by atoms with Crippen molar-refractivity contribution in [2.45, 2.75) is 46.8 Å². The van der Waals surface area contributed by atoms with E-state index in [0.717, 1.165) is 4.68 Å². The Balaban J connectivity index is 3.10. The molecule has 0 aromatic carbocycles. The minimum Gasteiger partial charge on any atom is -0.455 e. The van der Waals surface area contributed by atoms with Crippen LogP contribution in [0.3, 0.4) is 0 Å². The average Bonchev–Trinajstić information content (AvgIpc) is 2.71. The maximum Gasteiger partial charge on any atom is 0.303 e. The van der Waals surface area contributed by atoms with Gasteiger partial charge in [0.15, 0.2) is 23.9 Å². The molecule has 0 aliphatic heterocycles. The van der Waals surface area contributed by atoms with Gasteiger partial charge in [0.25, 0.3) is 0 Å². The Hall–Kier alpha value is -2.25. The molecule has 2 atom stereocenters. The fourth-order valence-corrected chi connectivity index (χ4v) is 1.61. The Morgan fingerprint density at radius 3 is 1.95 bits per heavy atom. The van der Waals surface area contributed by atoms with Gasteiger partial charge >= 0.3 is 11.9 Å². The molecule has 0 saturated heterocycles. The molecule has 0 aliphatic carbocycles. The molecule has 1 aromatic rings. The van der Waals surface area contributed by atoms with Gasteiger partial charge in [0.1, 0.15) is 0 Å². The molecule has 1 aromatic heterocycles. The topological polar surface area (TPSA) is 100 Å². The molecule has 20 heavy (non-hydrogen) atoms. The minimum absolute atomic E-state index is 0.171. The van der Waals surface area contributed by atoms with Crippen molar-refractivity contribution in [3.63, 3.8) is 0 Å². The van der Waals surface area contributed by atoms with Crippen molar-refractivity contribution in [1.82, 2.24) is 14.8 Å². The molecule has 1 rings (SSSR count). The summed E-state index contributed by atoms with van der Waals surface area (Å²) in [5.74, 6) is -1.00. The van der Waals surface area contributed by atoms with Crippen LogP contribution in [-0.2, 0) is 19.1 Å². The van der Waals surface area contributed by atoms with Crippen molar-refractivity contribution in [2.75, 3.05) is 0 Å². The van der Waals surface area contributed by atoms with E-state index >= 15 is 0 Å². The van der Waals surface area contributed by atoms with Crippen molar-refractivity contribution in [3.05, 3.63) is 11.6 Å². The number of rotatable bonds is 4. The van der Waals surface area contributed by atoms with Gasteiger partial charge in [-0.2, -0.15) is 4.68 Å². The normalized spacial score (nSPS) is 13.4. The first kappa shape index (κ1) is 15.8. The molecule has 0 N–H and O–H groups in total. The average molecular weight is 283 g/mol. The molecule has 0 spiro atoms. The van der Waals surface area contributed by atoms with Gasteiger partial charge in [-0.3, -0.25) is 14.4 Å². The molecule has 0 amide bonds. The van der Waals surface area contributed by atoms with Gasteiger partial charge in [0, 0.05) is 20.8 Å². The van der Waals surface area contributed by atoms with Gasteiger partial charge in [-0.05, 0) is 13.8 Å². The number of ether oxygens (including phenoxy) is 2. The smallest absolute Gasteiger partial charge is 0.303 e. The lowest BCUT2D eigenvalue weighted by atomic mass is 10.3. The molecule has 110 valence electrons. The third-order valence-corrected chi connectivity index (χ3v) is 2.36. The Bertz CT molecular complexity index is 537. The van der Waals surface area contributed by atoms with Gasteiger partial charge < -0.3 is 9.47 Å². The highest BCUT2D eigenvalue weighted by molar-refractivity contribution is 5.75. The van der Waals surface area contributed by atoms with Gasteiger partial charge in [-0.15, -0.1) is 5.10 Å². The Morgan fingerprint density at radius 2 is 1.50 bits per heavy atom. The highest BCUT2D eigenvalue weighted by Gasteiger charge is 2.24. The largest absolute Gasteiger partial charge is 0.455 e. The summed E-state index contributed by atoms with van der Waals surface area (Å²) < 4.78 is 11.0. The molecular weight excluding hydrogens is 266 g/mol. The highest BCUT2D eigenvalue weighted by Crippen LogP contribution is 2.19. The van der Waals surface area contributed by atoms with E-state index in [1.54, 1.807) is 13.8 Å². The molecule has 1 heterocycles. The van der Waals surface area contributed by atoms with Crippen molar-refractivity contribution in [1.29, 1.82) is 0 Å². The standard InChI is InChI=1S/C12H17N3O5/c1-6(19-9(4)17)11-13-12(7(2)20-10(5)18)15(14-11)8(3)16/h6-7H,1-5H3/t6-,7-/m0/s1. The van der Waals surface area contributed by atoms with Crippen LogP contribution in [0.4, 0.5) is 0 Å². The third kappa shape index (κ3) is 3.87. The number of esters is 2. The van der Waals surface area contributed by atoms with Crippen LogP contribution in [0.1, 0.15) is 63.3 Å². The van der Waals surface area contributed by atoms with E-state index in [2.05, 4.69) is 10.1 Å². The zero-order chi connectivity index (χ0) is 15.4. The lowest BCUT2D eigenvalue weighted by Crippen LogP contribution is -2.17. The number of hydrogen-bond donors (Lipinski definition) is 0.